The van der Waals surface area contributed by atoms with Crippen LogP contribution < -0.4 is 9.62 Å². The number of rotatable bonds is 4. The Bertz CT molecular complexity index is 1250. The van der Waals surface area contributed by atoms with Gasteiger partial charge in [0, 0.05) is 19.6 Å². The van der Waals surface area contributed by atoms with Crippen molar-refractivity contribution in [1.29, 1.82) is 0 Å². The number of alkyl halides is 3. The third kappa shape index (κ3) is 4.08. The van der Waals surface area contributed by atoms with Crippen molar-refractivity contribution in [3.05, 3.63) is 40.7 Å². The number of imide groups is 1. The van der Waals surface area contributed by atoms with Crippen LogP contribution in [-0.4, -0.2) is 53.7 Å². The van der Waals surface area contributed by atoms with Gasteiger partial charge in [-0.15, -0.1) is 0 Å². The molecule has 4 rings (SSSR count). The highest BCUT2D eigenvalue weighted by molar-refractivity contribution is 7.89. The molecule has 1 aromatic carbocycles. The maximum atomic E-state index is 13.1. The number of carbonyl (C=O) groups excluding carboxylic acids is 2. The number of piperidine rings is 1. The third-order valence-electron chi connectivity index (χ3n) is 5.67. The molecule has 3 heterocycles. The summed E-state index contributed by atoms with van der Waals surface area (Å²) in [7, 11) is -2.57. The van der Waals surface area contributed by atoms with Crippen molar-refractivity contribution < 1.29 is 31.2 Å². The number of hydrogen-bond acceptors (Lipinski definition) is 5. The smallest absolute Gasteiger partial charge is 0.312 e. The predicted molar refractivity (Wildman–Crippen MR) is 111 cm³/mol. The SMILES string of the molecule is Cc1nn(C)c(Cl)c1S(=O)(=O)NC1CCN2C(=O)N(c3cccc(C(F)(F)F)c3)C(=O)C2C1. The molecule has 2 unspecified atom stereocenters. The van der Waals surface area contributed by atoms with E-state index >= 15 is 0 Å². The Balaban J connectivity index is 1.55. The molecule has 2 saturated heterocycles. The molecule has 2 aliphatic heterocycles. The first-order valence-corrected chi connectivity index (χ1v) is 11.7. The fraction of sp³-hybridized carbons (Fsp3) is 0.421. The number of anilines is 1. The number of fused-ring (bicyclic) bond motifs is 1. The molecule has 0 spiro atoms. The van der Waals surface area contributed by atoms with Crippen LogP contribution in [0.15, 0.2) is 29.2 Å². The zero-order valence-corrected chi connectivity index (χ0v) is 19.0. The quantitative estimate of drug-likeness (QED) is 0.643. The van der Waals surface area contributed by atoms with Gasteiger partial charge in [0.25, 0.3) is 5.91 Å². The fourth-order valence-corrected chi connectivity index (χ4v) is 6.19. The Morgan fingerprint density at radius 1 is 1.24 bits per heavy atom. The van der Waals surface area contributed by atoms with Crippen LogP contribution in [0.5, 0.6) is 0 Å². The molecular formula is C19H19ClF3N5O4S. The van der Waals surface area contributed by atoms with Gasteiger partial charge in [-0.3, -0.25) is 9.48 Å². The van der Waals surface area contributed by atoms with E-state index in [0.29, 0.717) is 4.90 Å². The summed E-state index contributed by atoms with van der Waals surface area (Å²) >= 11 is 6.07. The van der Waals surface area contributed by atoms with Gasteiger partial charge >= 0.3 is 12.2 Å². The zero-order valence-electron chi connectivity index (χ0n) is 17.4. The van der Waals surface area contributed by atoms with Gasteiger partial charge < -0.3 is 4.90 Å². The van der Waals surface area contributed by atoms with Crippen LogP contribution in [0.3, 0.4) is 0 Å². The first-order chi connectivity index (χ1) is 15.3. The lowest BCUT2D eigenvalue weighted by Crippen LogP contribution is -2.49. The van der Waals surface area contributed by atoms with Crippen LogP contribution in [0.25, 0.3) is 0 Å². The summed E-state index contributed by atoms with van der Waals surface area (Å²) in [5.41, 5.74) is -0.973. The number of carbonyl (C=O) groups is 2. The monoisotopic (exact) mass is 505 g/mol. The van der Waals surface area contributed by atoms with Crippen molar-refractivity contribution >= 4 is 39.2 Å². The van der Waals surface area contributed by atoms with E-state index in [0.717, 1.165) is 18.2 Å². The van der Waals surface area contributed by atoms with Crippen molar-refractivity contribution in [2.24, 2.45) is 7.05 Å². The van der Waals surface area contributed by atoms with Gasteiger partial charge in [0.05, 0.1) is 16.9 Å². The summed E-state index contributed by atoms with van der Waals surface area (Å²) in [5.74, 6) is -0.709. The van der Waals surface area contributed by atoms with E-state index in [1.807, 2.05) is 0 Å². The Morgan fingerprint density at radius 2 is 1.94 bits per heavy atom. The van der Waals surface area contributed by atoms with Gasteiger partial charge in [-0.25, -0.2) is 22.8 Å². The summed E-state index contributed by atoms with van der Waals surface area (Å²) in [6.45, 7) is 1.55. The number of nitrogens with zero attached hydrogens (tertiary/aromatic N) is 4. The molecule has 178 valence electrons. The molecule has 2 aliphatic rings. The highest BCUT2D eigenvalue weighted by Crippen LogP contribution is 2.35. The van der Waals surface area contributed by atoms with E-state index < -0.39 is 45.8 Å². The maximum absolute atomic E-state index is 13.1. The number of hydrogen-bond donors (Lipinski definition) is 1. The van der Waals surface area contributed by atoms with E-state index in [4.69, 9.17) is 11.6 Å². The highest BCUT2D eigenvalue weighted by atomic mass is 35.5. The minimum Gasteiger partial charge on any atom is -0.312 e. The van der Waals surface area contributed by atoms with Crippen LogP contribution in [0.1, 0.15) is 24.1 Å². The number of urea groups is 1. The largest absolute Gasteiger partial charge is 0.416 e. The lowest BCUT2D eigenvalue weighted by Gasteiger charge is -2.32. The Hall–Kier alpha value is -2.64. The highest BCUT2D eigenvalue weighted by Gasteiger charge is 2.49. The van der Waals surface area contributed by atoms with Crippen molar-refractivity contribution in [3.63, 3.8) is 0 Å². The minimum absolute atomic E-state index is 0.0316. The summed E-state index contributed by atoms with van der Waals surface area (Å²) in [6, 6.07) is 1.52. The van der Waals surface area contributed by atoms with Gasteiger partial charge in [-0.1, -0.05) is 17.7 Å². The topological polar surface area (TPSA) is 105 Å². The van der Waals surface area contributed by atoms with Gasteiger partial charge in [0.2, 0.25) is 10.0 Å². The van der Waals surface area contributed by atoms with E-state index in [-0.39, 0.29) is 40.8 Å². The van der Waals surface area contributed by atoms with E-state index in [1.165, 1.54) is 29.6 Å². The molecule has 0 saturated carbocycles. The summed E-state index contributed by atoms with van der Waals surface area (Å²) in [6.07, 6.45) is -4.46. The molecular weight excluding hydrogens is 487 g/mol. The number of aryl methyl sites for hydroxylation is 2. The predicted octanol–water partition coefficient (Wildman–Crippen LogP) is 2.68. The first kappa shape index (κ1) is 23.5. The Kier molecular flexibility index (Phi) is 5.69. The van der Waals surface area contributed by atoms with E-state index in [2.05, 4.69) is 9.82 Å². The molecule has 2 aromatic rings. The minimum atomic E-state index is -4.63. The number of nitrogens with one attached hydrogen (secondary N) is 1. The number of amides is 3. The molecule has 9 nitrogen and oxygen atoms in total. The normalized spacial score (nSPS) is 21.6. The van der Waals surface area contributed by atoms with Crippen LogP contribution in [-0.2, 0) is 28.0 Å². The molecule has 1 N–H and O–H groups in total. The molecule has 0 aliphatic carbocycles. The molecule has 33 heavy (non-hydrogen) atoms. The average Bonchev–Trinajstić information content (AvgIpc) is 3.12. The van der Waals surface area contributed by atoms with Crippen LogP contribution in [0, 0.1) is 6.92 Å². The number of halogens is 4. The summed E-state index contributed by atoms with van der Waals surface area (Å²) < 4.78 is 68.7. The van der Waals surface area contributed by atoms with E-state index in [1.54, 1.807) is 0 Å². The van der Waals surface area contributed by atoms with Crippen LogP contribution >= 0.6 is 11.6 Å². The molecule has 1 aromatic heterocycles. The van der Waals surface area contributed by atoms with E-state index in [9.17, 15) is 31.2 Å². The van der Waals surface area contributed by atoms with Crippen molar-refractivity contribution in [1.82, 2.24) is 19.4 Å². The first-order valence-electron chi connectivity index (χ1n) is 9.84. The zero-order chi connectivity index (χ0) is 24.3. The lowest BCUT2D eigenvalue weighted by atomic mass is 9.99. The Morgan fingerprint density at radius 3 is 2.55 bits per heavy atom. The average molecular weight is 506 g/mol. The molecule has 14 heteroatoms. The van der Waals surface area contributed by atoms with Gasteiger partial charge in [0.15, 0.2) is 0 Å². The van der Waals surface area contributed by atoms with Gasteiger partial charge in [-0.2, -0.15) is 18.3 Å². The Labute approximate surface area is 192 Å². The van der Waals surface area contributed by atoms with Crippen LogP contribution in [0.4, 0.5) is 23.7 Å². The second kappa shape index (κ2) is 7.99. The summed E-state index contributed by atoms with van der Waals surface area (Å²) in [5, 5.41) is 3.92. The summed E-state index contributed by atoms with van der Waals surface area (Å²) in [4.78, 5) is 27.6. The molecule has 2 atom stereocenters. The maximum Gasteiger partial charge on any atom is 0.416 e. The number of sulfonamides is 1. The fourth-order valence-electron chi connectivity index (χ4n) is 4.16. The van der Waals surface area contributed by atoms with Crippen molar-refractivity contribution in [3.8, 4) is 0 Å². The van der Waals surface area contributed by atoms with Crippen molar-refractivity contribution in [2.45, 2.75) is 42.9 Å². The lowest BCUT2D eigenvalue weighted by molar-refractivity contribution is -0.137. The van der Waals surface area contributed by atoms with Gasteiger partial charge in [0.1, 0.15) is 16.1 Å². The second-order valence-corrected chi connectivity index (χ2v) is 9.89. The molecule has 0 bridgehead atoms. The number of benzene rings is 1. The molecule has 0 radical (unpaired) electrons. The second-order valence-electron chi connectivity index (χ2n) is 7.89. The molecule has 2 fully saturated rings. The van der Waals surface area contributed by atoms with Gasteiger partial charge in [-0.05, 0) is 38.0 Å². The third-order valence-corrected chi connectivity index (χ3v) is 7.88. The van der Waals surface area contributed by atoms with Crippen LogP contribution in [0.2, 0.25) is 5.15 Å². The van der Waals surface area contributed by atoms with Crippen molar-refractivity contribution in [2.75, 3.05) is 11.4 Å². The molecule has 3 amide bonds. The number of aromatic nitrogens is 2. The standard InChI is InChI=1S/C19H19ClF3N5O4S/c1-10-15(16(20)26(2)24-10)33(31,32)25-12-6-7-27-14(9-12)17(29)28(18(27)30)13-5-3-4-11(8-13)19(21,22)23/h3-5,8,12,14,25H,6-7,9H2,1-2H3.